The van der Waals surface area contributed by atoms with Gasteiger partial charge in [-0.25, -0.2) is 0 Å². The predicted molar refractivity (Wildman–Crippen MR) is 122 cm³/mol. The van der Waals surface area contributed by atoms with Gasteiger partial charge in [0.1, 0.15) is 5.75 Å². The van der Waals surface area contributed by atoms with E-state index in [2.05, 4.69) is 10.6 Å². The highest BCUT2D eigenvalue weighted by Crippen LogP contribution is 2.22. The molecule has 7 heteroatoms. The standard InChI is InChI=1S/C25H25N3O4/c26-23(29)14-15-27-25(31)20-11-5-6-12-21(20)28-24(30)17-32-22-13-7-4-10-19(22)16-18-8-2-1-3-9-18/h1-13H,14-17H2,(H2,26,29)(H,27,31)(H,28,30). The van der Waals surface area contributed by atoms with E-state index in [4.69, 9.17) is 10.5 Å². The Morgan fingerprint density at radius 2 is 1.53 bits per heavy atom. The lowest BCUT2D eigenvalue weighted by atomic mass is 10.0. The van der Waals surface area contributed by atoms with Crippen LogP contribution in [0.5, 0.6) is 5.75 Å². The summed E-state index contributed by atoms with van der Waals surface area (Å²) in [5.74, 6) is -0.672. The van der Waals surface area contributed by atoms with Crippen LogP contribution in [-0.2, 0) is 16.0 Å². The number of rotatable bonds is 10. The zero-order chi connectivity index (χ0) is 22.8. The van der Waals surface area contributed by atoms with E-state index in [-0.39, 0.29) is 25.1 Å². The smallest absolute Gasteiger partial charge is 0.262 e. The van der Waals surface area contributed by atoms with E-state index >= 15 is 0 Å². The molecule has 0 atom stereocenters. The third kappa shape index (κ3) is 6.70. The highest BCUT2D eigenvalue weighted by molar-refractivity contribution is 6.04. The van der Waals surface area contributed by atoms with Crippen LogP contribution in [0.4, 0.5) is 5.69 Å². The van der Waals surface area contributed by atoms with Crippen LogP contribution in [-0.4, -0.2) is 30.9 Å². The average Bonchev–Trinajstić information content (AvgIpc) is 2.79. The lowest BCUT2D eigenvalue weighted by Crippen LogP contribution is -2.29. The van der Waals surface area contributed by atoms with Crippen molar-refractivity contribution in [2.45, 2.75) is 12.8 Å². The summed E-state index contributed by atoms with van der Waals surface area (Å²) in [4.78, 5) is 35.7. The largest absolute Gasteiger partial charge is 0.483 e. The van der Waals surface area contributed by atoms with E-state index in [1.165, 1.54) is 0 Å². The van der Waals surface area contributed by atoms with Crippen molar-refractivity contribution in [1.82, 2.24) is 5.32 Å². The highest BCUT2D eigenvalue weighted by Gasteiger charge is 2.14. The number of hydrogen-bond donors (Lipinski definition) is 3. The molecule has 3 aromatic rings. The third-order valence-corrected chi connectivity index (χ3v) is 4.67. The summed E-state index contributed by atoms with van der Waals surface area (Å²) in [7, 11) is 0. The summed E-state index contributed by atoms with van der Waals surface area (Å²) < 4.78 is 5.77. The molecule has 3 rings (SSSR count). The maximum atomic E-state index is 12.5. The van der Waals surface area contributed by atoms with Crippen molar-refractivity contribution in [2.75, 3.05) is 18.5 Å². The van der Waals surface area contributed by atoms with Crippen LogP contribution in [0.25, 0.3) is 0 Å². The number of amides is 3. The van der Waals surface area contributed by atoms with Crippen LogP contribution < -0.4 is 21.1 Å². The zero-order valence-corrected chi connectivity index (χ0v) is 17.5. The first-order valence-electron chi connectivity index (χ1n) is 10.2. The maximum absolute atomic E-state index is 12.5. The third-order valence-electron chi connectivity index (χ3n) is 4.67. The maximum Gasteiger partial charge on any atom is 0.262 e. The molecule has 4 N–H and O–H groups in total. The van der Waals surface area contributed by atoms with Crippen molar-refractivity contribution in [3.05, 3.63) is 95.6 Å². The number of benzene rings is 3. The number of hydrogen-bond acceptors (Lipinski definition) is 4. The van der Waals surface area contributed by atoms with E-state index in [1.807, 2.05) is 54.6 Å². The van der Waals surface area contributed by atoms with E-state index in [1.54, 1.807) is 24.3 Å². The topological polar surface area (TPSA) is 111 Å². The van der Waals surface area contributed by atoms with Gasteiger partial charge in [-0.2, -0.15) is 0 Å². The normalized spacial score (nSPS) is 10.2. The number of anilines is 1. The summed E-state index contributed by atoms with van der Waals surface area (Å²) in [5.41, 5.74) is 7.85. The summed E-state index contributed by atoms with van der Waals surface area (Å²) in [6, 6.07) is 24.2. The van der Waals surface area contributed by atoms with Crippen LogP contribution >= 0.6 is 0 Å². The first kappa shape index (κ1) is 22.6. The molecule has 0 aliphatic heterocycles. The van der Waals surface area contributed by atoms with E-state index < -0.39 is 17.7 Å². The Morgan fingerprint density at radius 3 is 2.31 bits per heavy atom. The monoisotopic (exact) mass is 431 g/mol. The van der Waals surface area contributed by atoms with Crippen LogP contribution in [0, 0.1) is 0 Å². The number of nitrogens with two attached hydrogens (primary N) is 1. The van der Waals surface area contributed by atoms with Gasteiger partial charge in [-0.3, -0.25) is 14.4 Å². The lowest BCUT2D eigenvalue weighted by molar-refractivity contribution is -0.118. The van der Waals surface area contributed by atoms with Gasteiger partial charge in [-0.1, -0.05) is 60.7 Å². The molecule has 0 aliphatic carbocycles. The van der Waals surface area contributed by atoms with Crippen molar-refractivity contribution in [1.29, 1.82) is 0 Å². The first-order chi connectivity index (χ1) is 15.5. The average molecular weight is 431 g/mol. The van der Waals surface area contributed by atoms with Gasteiger partial charge < -0.3 is 21.1 Å². The minimum atomic E-state index is -0.503. The quantitative estimate of drug-likeness (QED) is 0.458. The molecule has 164 valence electrons. The molecule has 0 saturated carbocycles. The van der Waals surface area contributed by atoms with Crippen LogP contribution in [0.3, 0.4) is 0 Å². The van der Waals surface area contributed by atoms with Crippen LogP contribution in [0.2, 0.25) is 0 Å². The molecule has 0 bridgehead atoms. The summed E-state index contributed by atoms with van der Waals surface area (Å²) >= 11 is 0. The van der Waals surface area contributed by atoms with Gasteiger partial charge >= 0.3 is 0 Å². The molecule has 32 heavy (non-hydrogen) atoms. The van der Waals surface area contributed by atoms with Crippen molar-refractivity contribution < 1.29 is 19.1 Å². The Morgan fingerprint density at radius 1 is 0.844 bits per heavy atom. The number of para-hydroxylation sites is 2. The number of carbonyl (C=O) groups excluding carboxylic acids is 3. The molecule has 0 saturated heterocycles. The number of carbonyl (C=O) groups is 3. The van der Waals surface area contributed by atoms with Crippen LogP contribution in [0.15, 0.2) is 78.9 Å². The lowest BCUT2D eigenvalue weighted by Gasteiger charge is -2.13. The second-order valence-electron chi connectivity index (χ2n) is 7.12. The molecule has 7 nitrogen and oxygen atoms in total. The van der Waals surface area contributed by atoms with Gasteiger partial charge in [-0.15, -0.1) is 0 Å². The van der Waals surface area contributed by atoms with Crippen molar-refractivity contribution in [2.24, 2.45) is 5.73 Å². The second kappa shape index (κ2) is 11.3. The Balaban J connectivity index is 1.60. The van der Waals surface area contributed by atoms with E-state index in [9.17, 15) is 14.4 Å². The van der Waals surface area contributed by atoms with Gasteiger partial charge in [0.25, 0.3) is 11.8 Å². The van der Waals surface area contributed by atoms with Crippen molar-refractivity contribution >= 4 is 23.4 Å². The van der Waals surface area contributed by atoms with Crippen molar-refractivity contribution in [3.8, 4) is 5.75 Å². The van der Waals surface area contributed by atoms with E-state index in [0.717, 1.165) is 11.1 Å². The molecule has 0 unspecified atom stereocenters. The summed E-state index contributed by atoms with van der Waals surface area (Å²) in [5, 5.41) is 5.32. The number of nitrogens with one attached hydrogen (secondary N) is 2. The van der Waals surface area contributed by atoms with Gasteiger partial charge in [0, 0.05) is 19.4 Å². The SMILES string of the molecule is NC(=O)CCNC(=O)c1ccccc1NC(=O)COc1ccccc1Cc1ccccc1. The van der Waals surface area contributed by atoms with Gasteiger partial charge in [-0.05, 0) is 29.3 Å². The molecule has 3 aromatic carbocycles. The minimum absolute atomic E-state index is 0.0382. The summed E-state index contributed by atoms with van der Waals surface area (Å²) in [6.07, 6.45) is 0.726. The predicted octanol–water partition coefficient (Wildman–Crippen LogP) is 2.90. The Kier molecular flexibility index (Phi) is 7.97. The highest BCUT2D eigenvalue weighted by atomic mass is 16.5. The molecule has 0 spiro atoms. The number of primary amides is 1. The molecule has 3 amide bonds. The molecular weight excluding hydrogens is 406 g/mol. The summed E-state index contributed by atoms with van der Waals surface area (Å²) in [6.45, 7) is -0.0822. The molecule has 0 fully saturated rings. The molecular formula is C25H25N3O4. The van der Waals surface area contributed by atoms with Crippen LogP contribution in [0.1, 0.15) is 27.9 Å². The fourth-order valence-corrected chi connectivity index (χ4v) is 3.12. The fourth-order valence-electron chi connectivity index (χ4n) is 3.12. The van der Waals surface area contributed by atoms with E-state index in [0.29, 0.717) is 17.9 Å². The molecule has 0 aliphatic rings. The zero-order valence-electron chi connectivity index (χ0n) is 17.5. The molecule has 0 aromatic heterocycles. The first-order valence-corrected chi connectivity index (χ1v) is 10.2. The Hall–Kier alpha value is -4.13. The number of ether oxygens (including phenoxy) is 1. The molecule has 0 heterocycles. The van der Waals surface area contributed by atoms with Gasteiger partial charge in [0.2, 0.25) is 5.91 Å². The fraction of sp³-hybridized carbons (Fsp3) is 0.160. The minimum Gasteiger partial charge on any atom is -0.483 e. The van der Waals surface area contributed by atoms with Gasteiger partial charge in [0.15, 0.2) is 6.61 Å². The van der Waals surface area contributed by atoms with Crippen molar-refractivity contribution in [3.63, 3.8) is 0 Å². The Bertz CT molecular complexity index is 1080. The Labute approximate surface area is 186 Å². The molecule has 0 radical (unpaired) electrons. The van der Waals surface area contributed by atoms with Gasteiger partial charge in [0.05, 0.1) is 11.3 Å². The second-order valence-corrected chi connectivity index (χ2v) is 7.12.